The van der Waals surface area contributed by atoms with Crippen LogP contribution in [0.3, 0.4) is 0 Å². The minimum atomic E-state index is -0.00245. The quantitative estimate of drug-likeness (QED) is 0.190. The molecule has 10 rings (SSSR count). The van der Waals surface area contributed by atoms with Gasteiger partial charge in [0.1, 0.15) is 23.0 Å². The Labute approximate surface area is 272 Å². The van der Waals surface area contributed by atoms with Crippen LogP contribution < -0.4 is 30.8 Å². The van der Waals surface area contributed by atoms with Crippen LogP contribution in [0.2, 0.25) is 0 Å². The van der Waals surface area contributed by atoms with E-state index in [0.717, 1.165) is 83.9 Å². The Morgan fingerprint density at radius 2 is 1.15 bits per heavy atom. The van der Waals surface area contributed by atoms with Crippen molar-refractivity contribution in [2.75, 3.05) is 4.90 Å². The lowest BCUT2D eigenvalue weighted by atomic mass is 9.35. The molecule has 2 aliphatic heterocycles. The van der Waals surface area contributed by atoms with Gasteiger partial charge in [0.2, 0.25) is 0 Å². The summed E-state index contributed by atoms with van der Waals surface area (Å²) in [5, 5.41) is 2.30. The van der Waals surface area contributed by atoms with E-state index in [-0.39, 0.29) is 6.71 Å². The van der Waals surface area contributed by atoms with Crippen molar-refractivity contribution in [3.63, 3.8) is 0 Å². The van der Waals surface area contributed by atoms with Crippen molar-refractivity contribution in [1.82, 2.24) is 9.55 Å². The van der Waals surface area contributed by atoms with E-state index in [1.165, 1.54) is 0 Å². The molecule has 0 saturated heterocycles. The first kappa shape index (κ1) is 26.0. The van der Waals surface area contributed by atoms with E-state index in [4.69, 9.17) is 9.47 Å². The molecule has 0 amide bonds. The van der Waals surface area contributed by atoms with E-state index in [2.05, 4.69) is 118 Å². The van der Waals surface area contributed by atoms with E-state index in [0.29, 0.717) is 0 Å². The first-order chi connectivity index (χ1) is 23.3. The minimum Gasteiger partial charge on any atom is -0.458 e. The zero-order valence-electron chi connectivity index (χ0n) is 25.2. The molecule has 0 spiro atoms. The maximum atomic E-state index is 6.69. The third kappa shape index (κ3) is 3.95. The van der Waals surface area contributed by atoms with Crippen LogP contribution in [-0.2, 0) is 0 Å². The van der Waals surface area contributed by atoms with Crippen LogP contribution in [0, 0.1) is 0 Å². The van der Waals surface area contributed by atoms with Crippen LogP contribution in [0.4, 0.5) is 17.1 Å². The van der Waals surface area contributed by atoms with Gasteiger partial charge >= 0.3 is 0 Å². The molecule has 8 aromatic rings. The van der Waals surface area contributed by atoms with Gasteiger partial charge in [-0.15, -0.1) is 0 Å². The van der Waals surface area contributed by atoms with Gasteiger partial charge in [0.25, 0.3) is 6.71 Å². The summed E-state index contributed by atoms with van der Waals surface area (Å²) >= 11 is 0. The standard InChI is InChI=1S/C41H26BN3O2/c1-3-10-27(11-4-1)44(29-20-22-43-23-21-29)30-18-19-31-32-25-40-34(26-36(32)45(35(31)24-30)28-12-5-2-6-13-28)42-33-14-7-8-15-37(33)46-38-16-9-17-39(47-40)41(38)42/h1-26H. The highest BCUT2D eigenvalue weighted by Gasteiger charge is 2.40. The molecule has 5 nitrogen and oxygen atoms in total. The molecular formula is C41H26BN3O2. The van der Waals surface area contributed by atoms with Crippen LogP contribution in [0.1, 0.15) is 0 Å². The monoisotopic (exact) mass is 603 g/mol. The molecule has 0 N–H and O–H groups in total. The molecular weight excluding hydrogens is 577 g/mol. The highest BCUT2D eigenvalue weighted by atomic mass is 16.5. The topological polar surface area (TPSA) is 39.5 Å². The summed E-state index contributed by atoms with van der Waals surface area (Å²) in [7, 11) is 0. The SMILES string of the molecule is c1ccc(N(c2ccncc2)c2ccc3c4cc5c(cc4n(-c4ccccc4)c3c2)B2c3ccccc3Oc3cccc(c32)O5)cc1. The second-order valence-corrected chi connectivity index (χ2v) is 12.0. The zero-order chi connectivity index (χ0) is 30.9. The molecule has 0 saturated carbocycles. The fourth-order valence-electron chi connectivity index (χ4n) is 7.39. The second-order valence-electron chi connectivity index (χ2n) is 12.0. The van der Waals surface area contributed by atoms with Crippen LogP contribution in [0.15, 0.2) is 158 Å². The Morgan fingerprint density at radius 1 is 0.489 bits per heavy atom. The predicted octanol–water partition coefficient (Wildman–Crippen LogP) is 8.38. The van der Waals surface area contributed by atoms with E-state index in [1.807, 2.05) is 54.9 Å². The highest BCUT2D eigenvalue weighted by Crippen LogP contribution is 2.42. The maximum Gasteiger partial charge on any atom is 0.260 e. The summed E-state index contributed by atoms with van der Waals surface area (Å²) in [5.74, 6) is 3.46. The fourth-order valence-corrected chi connectivity index (χ4v) is 7.39. The first-order valence-corrected chi connectivity index (χ1v) is 15.8. The zero-order valence-corrected chi connectivity index (χ0v) is 25.2. The molecule has 47 heavy (non-hydrogen) atoms. The number of fused-ring (bicyclic) bond motifs is 7. The Morgan fingerprint density at radius 3 is 1.96 bits per heavy atom. The third-order valence-corrected chi connectivity index (χ3v) is 9.38. The number of ether oxygens (including phenoxy) is 2. The first-order valence-electron chi connectivity index (χ1n) is 15.8. The predicted molar refractivity (Wildman–Crippen MR) is 191 cm³/mol. The van der Waals surface area contributed by atoms with Gasteiger partial charge in [-0.1, -0.05) is 66.7 Å². The summed E-state index contributed by atoms with van der Waals surface area (Å²) in [5.41, 5.74) is 9.90. The number of hydrogen-bond acceptors (Lipinski definition) is 4. The summed E-state index contributed by atoms with van der Waals surface area (Å²) < 4.78 is 15.5. The number of nitrogens with zero attached hydrogens (tertiary/aromatic N) is 3. The van der Waals surface area contributed by atoms with Gasteiger partial charge < -0.3 is 18.9 Å². The van der Waals surface area contributed by atoms with Gasteiger partial charge in [0, 0.05) is 51.4 Å². The maximum absolute atomic E-state index is 6.69. The number of anilines is 3. The number of pyridine rings is 1. The van der Waals surface area contributed by atoms with Gasteiger partial charge in [0.15, 0.2) is 0 Å². The number of rotatable bonds is 4. The van der Waals surface area contributed by atoms with Crippen molar-refractivity contribution in [2.24, 2.45) is 0 Å². The molecule has 6 heteroatoms. The van der Waals surface area contributed by atoms with Gasteiger partial charge in [0.05, 0.1) is 11.0 Å². The normalized spacial score (nSPS) is 12.6. The lowest BCUT2D eigenvalue weighted by Gasteiger charge is -2.32. The Balaban J connectivity index is 1.25. The average molecular weight is 603 g/mol. The molecule has 2 aromatic heterocycles. The molecule has 0 fully saturated rings. The van der Waals surface area contributed by atoms with Crippen molar-refractivity contribution in [3.8, 4) is 28.7 Å². The summed E-state index contributed by atoms with van der Waals surface area (Å²) in [4.78, 5) is 6.56. The number of aromatic nitrogens is 2. The van der Waals surface area contributed by atoms with Crippen molar-refractivity contribution in [1.29, 1.82) is 0 Å². The van der Waals surface area contributed by atoms with E-state index < -0.39 is 0 Å². The molecule has 2 aliphatic rings. The van der Waals surface area contributed by atoms with Crippen LogP contribution in [0.25, 0.3) is 27.5 Å². The summed E-state index contributed by atoms with van der Waals surface area (Å²) in [6.07, 6.45) is 3.68. The van der Waals surface area contributed by atoms with Gasteiger partial charge in [-0.3, -0.25) is 4.98 Å². The van der Waals surface area contributed by atoms with Crippen LogP contribution in [-0.4, -0.2) is 16.3 Å². The van der Waals surface area contributed by atoms with Gasteiger partial charge in [-0.25, -0.2) is 0 Å². The smallest absolute Gasteiger partial charge is 0.260 e. The van der Waals surface area contributed by atoms with Gasteiger partial charge in [-0.2, -0.15) is 0 Å². The fraction of sp³-hybridized carbons (Fsp3) is 0. The van der Waals surface area contributed by atoms with Crippen molar-refractivity contribution in [3.05, 3.63) is 158 Å². The number of para-hydroxylation sites is 3. The van der Waals surface area contributed by atoms with Crippen molar-refractivity contribution >= 4 is 62.0 Å². The van der Waals surface area contributed by atoms with Crippen LogP contribution >= 0.6 is 0 Å². The highest BCUT2D eigenvalue weighted by molar-refractivity contribution is 6.98. The van der Waals surface area contributed by atoms with Crippen molar-refractivity contribution < 1.29 is 9.47 Å². The Bertz CT molecular complexity index is 2440. The average Bonchev–Trinajstić information content (AvgIpc) is 3.44. The minimum absolute atomic E-state index is 0.00245. The number of hydrogen-bond donors (Lipinski definition) is 0. The molecule has 0 atom stereocenters. The van der Waals surface area contributed by atoms with Crippen molar-refractivity contribution in [2.45, 2.75) is 0 Å². The summed E-state index contributed by atoms with van der Waals surface area (Å²) in [6, 6.07) is 51.0. The summed E-state index contributed by atoms with van der Waals surface area (Å²) in [6.45, 7) is -0.00245. The van der Waals surface area contributed by atoms with Crippen LogP contribution in [0.5, 0.6) is 23.0 Å². The Hall–Kier alpha value is -6.27. The van der Waals surface area contributed by atoms with E-state index in [9.17, 15) is 0 Å². The molecule has 0 bridgehead atoms. The molecule has 0 unspecified atom stereocenters. The third-order valence-electron chi connectivity index (χ3n) is 9.38. The molecule has 6 aromatic carbocycles. The molecule has 0 radical (unpaired) electrons. The second kappa shape index (κ2) is 10.1. The lowest BCUT2D eigenvalue weighted by Crippen LogP contribution is -2.57. The molecule has 0 aliphatic carbocycles. The number of benzene rings is 6. The van der Waals surface area contributed by atoms with E-state index in [1.54, 1.807) is 0 Å². The van der Waals surface area contributed by atoms with Gasteiger partial charge in [-0.05, 0) is 89.8 Å². The largest absolute Gasteiger partial charge is 0.458 e. The lowest BCUT2D eigenvalue weighted by molar-refractivity contribution is 0.465. The molecule has 220 valence electrons. The Kier molecular flexibility index (Phi) is 5.60. The van der Waals surface area contributed by atoms with E-state index >= 15 is 0 Å². The molecule has 4 heterocycles.